The molecule has 4 N–H and O–H groups in total. The molecule has 0 aliphatic rings. The van der Waals surface area contributed by atoms with Crippen LogP contribution >= 0.6 is 0 Å². The minimum atomic E-state index is -1.61. The van der Waals surface area contributed by atoms with Crippen molar-refractivity contribution in [2.24, 2.45) is 5.73 Å². The Kier molecular flexibility index (Phi) is 4.84. The normalized spacial score (nSPS) is 14.6. The number of methoxy groups -OCH3 is 1. The van der Waals surface area contributed by atoms with Crippen LogP contribution < -0.4 is 11.5 Å². The van der Waals surface area contributed by atoms with E-state index in [1.165, 1.54) is 7.11 Å². The molecule has 5 heteroatoms. The Labute approximate surface area is 101 Å². The number of pyridine rings is 1. The number of halogens is 1. The van der Waals surface area contributed by atoms with Gasteiger partial charge in [0.2, 0.25) is 0 Å². The molecule has 1 rings (SSSR count). The van der Waals surface area contributed by atoms with Crippen LogP contribution in [-0.4, -0.2) is 25.2 Å². The van der Waals surface area contributed by atoms with Crippen molar-refractivity contribution in [2.45, 2.75) is 25.4 Å². The van der Waals surface area contributed by atoms with E-state index >= 15 is 0 Å². The van der Waals surface area contributed by atoms with E-state index in [4.69, 9.17) is 16.2 Å². The van der Waals surface area contributed by atoms with Crippen LogP contribution in [0.4, 0.5) is 10.2 Å². The van der Waals surface area contributed by atoms with Crippen LogP contribution in [0.3, 0.4) is 0 Å². The molecule has 4 nitrogen and oxygen atoms in total. The molecule has 0 aliphatic carbocycles. The number of nitrogens with two attached hydrogens (primary N) is 2. The van der Waals surface area contributed by atoms with Gasteiger partial charge in [0.25, 0.3) is 0 Å². The number of nitrogens with zero attached hydrogens (tertiary/aromatic N) is 1. The highest BCUT2D eigenvalue weighted by molar-refractivity contribution is 5.45. The topological polar surface area (TPSA) is 74.2 Å². The lowest BCUT2D eigenvalue weighted by Crippen LogP contribution is -2.29. The molecule has 0 bridgehead atoms. The molecule has 0 radical (unpaired) electrons. The Bertz CT molecular complexity index is 373. The van der Waals surface area contributed by atoms with Gasteiger partial charge in [-0.3, -0.25) is 0 Å². The van der Waals surface area contributed by atoms with E-state index in [-0.39, 0.29) is 18.8 Å². The molecule has 1 atom stereocenters. The number of nitrogen functional groups attached to an aromatic ring is 1. The minimum Gasteiger partial charge on any atom is -0.383 e. The first-order valence-electron chi connectivity index (χ1n) is 5.64. The molecule has 0 spiro atoms. The highest BCUT2D eigenvalue weighted by Crippen LogP contribution is 2.34. The average Bonchev–Trinajstić information content (AvgIpc) is 2.30. The van der Waals surface area contributed by atoms with E-state index in [1.807, 2.05) is 6.92 Å². The van der Waals surface area contributed by atoms with Crippen molar-refractivity contribution in [3.63, 3.8) is 0 Å². The standard InChI is InChI=1S/C12H20FN3O/c1-9-6-10(11(15)16-7-9)12(13,8-17-2)4-3-5-14/h6-7H,3-5,8,14H2,1-2H3,(H2,15,16). The van der Waals surface area contributed by atoms with Gasteiger partial charge in [-0.25, -0.2) is 9.37 Å². The molecule has 0 fully saturated rings. The first-order chi connectivity index (χ1) is 8.03. The van der Waals surface area contributed by atoms with Crippen LogP contribution in [0.25, 0.3) is 0 Å². The Morgan fingerprint density at radius 3 is 2.82 bits per heavy atom. The van der Waals surface area contributed by atoms with Crippen LogP contribution in [0.2, 0.25) is 0 Å². The number of hydrogen-bond acceptors (Lipinski definition) is 4. The lowest BCUT2D eigenvalue weighted by atomic mass is 9.91. The largest absolute Gasteiger partial charge is 0.383 e. The maximum Gasteiger partial charge on any atom is 0.162 e. The predicted octanol–water partition coefficient (Wildman–Crippen LogP) is 1.52. The van der Waals surface area contributed by atoms with Gasteiger partial charge in [0, 0.05) is 18.9 Å². The van der Waals surface area contributed by atoms with Crippen LogP contribution in [0, 0.1) is 6.92 Å². The van der Waals surface area contributed by atoms with E-state index < -0.39 is 5.67 Å². The molecule has 1 heterocycles. The molecular formula is C12H20FN3O. The number of ether oxygens (including phenoxy) is 1. The summed E-state index contributed by atoms with van der Waals surface area (Å²) in [5.74, 6) is 0.215. The van der Waals surface area contributed by atoms with Crippen LogP contribution in [0.5, 0.6) is 0 Å². The molecule has 1 aromatic heterocycles. The van der Waals surface area contributed by atoms with Crippen LogP contribution in [0.1, 0.15) is 24.0 Å². The smallest absolute Gasteiger partial charge is 0.162 e. The second-order valence-corrected chi connectivity index (χ2v) is 4.24. The van der Waals surface area contributed by atoms with Crippen LogP contribution in [0.15, 0.2) is 12.3 Å². The highest BCUT2D eigenvalue weighted by atomic mass is 19.1. The summed E-state index contributed by atoms with van der Waals surface area (Å²) in [6.07, 6.45) is 2.48. The summed E-state index contributed by atoms with van der Waals surface area (Å²) >= 11 is 0. The summed E-state index contributed by atoms with van der Waals surface area (Å²) in [5.41, 5.74) is 10.8. The van der Waals surface area contributed by atoms with Crippen LogP contribution in [-0.2, 0) is 10.4 Å². The third kappa shape index (κ3) is 3.38. The number of aryl methyl sites for hydroxylation is 1. The van der Waals surface area contributed by atoms with Gasteiger partial charge in [-0.1, -0.05) is 0 Å². The maximum absolute atomic E-state index is 14.9. The zero-order valence-corrected chi connectivity index (χ0v) is 10.4. The summed E-state index contributed by atoms with van der Waals surface area (Å²) in [4.78, 5) is 3.99. The molecule has 0 saturated heterocycles. The quantitative estimate of drug-likeness (QED) is 0.792. The van der Waals surface area contributed by atoms with E-state index in [9.17, 15) is 4.39 Å². The van der Waals surface area contributed by atoms with Gasteiger partial charge < -0.3 is 16.2 Å². The summed E-state index contributed by atoms with van der Waals surface area (Å²) in [6, 6.07) is 1.72. The highest BCUT2D eigenvalue weighted by Gasteiger charge is 2.34. The molecule has 1 aromatic rings. The van der Waals surface area contributed by atoms with Gasteiger partial charge >= 0.3 is 0 Å². The molecule has 0 amide bonds. The zero-order chi connectivity index (χ0) is 12.9. The third-order valence-corrected chi connectivity index (χ3v) is 2.69. The third-order valence-electron chi connectivity index (χ3n) is 2.69. The Hall–Kier alpha value is -1.20. The summed E-state index contributed by atoms with van der Waals surface area (Å²) < 4.78 is 19.8. The molecule has 1 unspecified atom stereocenters. The second kappa shape index (κ2) is 5.93. The molecule has 17 heavy (non-hydrogen) atoms. The number of aromatic nitrogens is 1. The summed E-state index contributed by atoms with van der Waals surface area (Å²) in [6.45, 7) is 2.25. The fourth-order valence-corrected chi connectivity index (χ4v) is 1.83. The first kappa shape index (κ1) is 13.9. The Morgan fingerprint density at radius 2 is 2.24 bits per heavy atom. The molecule has 0 aromatic carbocycles. The monoisotopic (exact) mass is 241 g/mol. The number of hydrogen-bond donors (Lipinski definition) is 2. The lowest BCUT2D eigenvalue weighted by molar-refractivity contribution is 0.0307. The Balaban J connectivity index is 3.07. The van der Waals surface area contributed by atoms with E-state index in [0.717, 1.165) is 5.56 Å². The van der Waals surface area contributed by atoms with Crippen molar-refractivity contribution in [2.75, 3.05) is 26.0 Å². The molecule has 0 aliphatic heterocycles. The Morgan fingerprint density at radius 1 is 1.53 bits per heavy atom. The minimum absolute atomic E-state index is 0.0394. The van der Waals surface area contributed by atoms with Gasteiger partial charge in [0.1, 0.15) is 5.82 Å². The summed E-state index contributed by atoms with van der Waals surface area (Å²) in [5, 5.41) is 0. The van der Waals surface area contributed by atoms with E-state index in [0.29, 0.717) is 18.5 Å². The first-order valence-corrected chi connectivity index (χ1v) is 5.64. The predicted molar refractivity (Wildman–Crippen MR) is 66.3 cm³/mol. The van der Waals surface area contributed by atoms with Gasteiger partial charge in [-0.05, 0) is 37.9 Å². The number of anilines is 1. The van der Waals surface area contributed by atoms with Crippen molar-refractivity contribution < 1.29 is 9.13 Å². The van der Waals surface area contributed by atoms with Gasteiger partial charge in [0.05, 0.1) is 6.61 Å². The molecule has 96 valence electrons. The molecular weight excluding hydrogens is 221 g/mol. The van der Waals surface area contributed by atoms with Crippen molar-refractivity contribution >= 4 is 5.82 Å². The fourth-order valence-electron chi connectivity index (χ4n) is 1.83. The second-order valence-electron chi connectivity index (χ2n) is 4.24. The molecule has 0 saturated carbocycles. The SMILES string of the molecule is COCC(F)(CCCN)c1cc(C)cnc1N. The van der Waals surface area contributed by atoms with E-state index in [2.05, 4.69) is 4.98 Å². The van der Waals surface area contributed by atoms with Gasteiger partial charge in [-0.2, -0.15) is 0 Å². The van der Waals surface area contributed by atoms with Gasteiger partial charge in [-0.15, -0.1) is 0 Å². The lowest BCUT2D eigenvalue weighted by Gasteiger charge is -2.26. The van der Waals surface area contributed by atoms with E-state index in [1.54, 1.807) is 12.3 Å². The van der Waals surface area contributed by atoms with Crippen molar-refractivity contribution in [3.05, 3.63) is 23.4 Å². The zero-order valence-electron chi connectivity index (χ0n) is 10.4. The fraction of sp³-hybridized carbons (Fsp3) is 0.583. The maximum atomic E-state index is 14.9. The number of rotatable bonds is 6. The van der Waals surface area contributed by atoms with Crippen molar-refractivity contribution in [3.8, 4) is 0 Å². The van der Waals surface area contributed by atoms with Gasteiger partial charge in [0.15, 0.2) is 5.67 Å². The van der Waals surface area contributed by atoms with Crippen molar-refractivity contribution in [1.82, 2.24) is 4.98 Å². The van der Waals surface area contributed by atoms with Crippen molar-refractivity contribution in [1.29, 1.82) is 0 Å². The summed E-state index contributed by atoms with van der Waals surface area (Å²) in [7, 11) is 1.47. The average molecular weight is 241 g/mol. The number of alkyl halides is 1.